The van der Waals surface area contributed by atoms with Crippen LogP contribution < -0.4 is 15.8 Å². The summed E-state index contributed by atoms with van der Waals surface area (Å²) >= 11 is 0. The van der Waals surface area contributed by atoms with Crippen LogP contribution in [-0.2, 0) is 4.79 Å². The lowest BCUT2D eigenvalue weighted by molar-refractivity contribution is -0.158. The number of hydrogen-bond acceptors (Lipinski definition) is 4. The third kappa shape index (κ3) is 7.87. The van der Waals surface area contributed by atoms with Crippen LogP contribution in [0.25, 0.3) is 6.08 Å². The number of urea groups is 1. The first-order valence-corrected chi connectivity index (χ1v) is 7.47. The van der Waals surface area contributed by atoms with Gasteiger partial charge in [-0.05, 0) is 30.2 Å². The van der Waals surface area contributed by atoms with Gasteiger partial charge < -0.3 is 15.8 Å². The molecule has 0 spiro atoms. The minimum atomic E-state index is -0.706. The molecule has 7 nitrogen and oxygen atoms in total. The number of hydrogen-bond donors (Lipinski definition) is 3. The second-order valence-corrected chi connectivity index (χ2v) is 4.86. The van der Waals surface area contributed by atoms with Gasteiger partial charge in [-0.3, -0.25) is 10.0 Å². The largest absolute Gasteiger partial charge is 0.494 e. The number of carbonyl (C=O) groups excluding carboxylic acids is 2. The molecule has 0 heterocycles. The number of primary amides is 1. The average Bonchev–Trinajstić information content (AvgIpc) is 2.53. The van der Waals surface area contributed by atoms with Gasteiger partial charge in [0.2, 0.25) is 0 Å². The summed E-state index contributed by atoms with van der Waals surface area (Å²) in [6.07, 6.45) is 4.92. The predicted octanol–water partition coefficient (Wildman–Crippen LogP) is 1.76. The Morgan fingerprint density at radius 2 is 2.04 bits per heavy atom. The van der Waals surface area contributed by atoms with Crippen molar-refractivity contribution in [2.75, 3.05) is 19.7 Å². The molecule has 1 aromatic carbocycles. The Morgan fingerprint density at radius 1 is 1.35 bits per heavy atom. The van der Waals surface area contributed by atoms with E-state index >= 15 is 0 Å². The van der Waals surface area contributed by atoms with Gasteiger partial charge in [-0.2, -0.15) is 0 Å². The topological polar surface area (TPSA) is 105 Å². The molecule has 126 valence electrons. The lowest BCUT2D eigenvalue weighted by atomic mass is 10.2. The summed E-state index contributed by atoms with van der Waals surface area (Å²) in [6.45, 7) is 2.82. The lowest BCUT2D eigenvalue weighted by Crippen LogP contribution is -2.38. The standard InChI is InChI=1S/C16H23N3O4/c1-2-3-12-23-14-7-4-13(5-8-14)6-9-15(20)19(22)11-10-18-16(17)21/h4-9,22H,2-3,10-12H2,1H3,(H3,17,18,21). The maximum Gasteiger partial charge on any atom is 0.312 e. The van der Waals surface area contributed by atoms with E-state index in [-0.39, 0.29) is 13.1 Å². The molecule has 0 radical (unpaired) electrons. The van der Waals surface area contributed by atoms with Crippen molar-refractivity contribution < 1.29 is 19.5 Å². The van der Waals surface area contributed by atoms with Crippen molar-refractivity contribution in [3.63, 3.8) is 0 Å². The van der Waals surface area contributed by atoms with Gasteiger partial charge in [0, 0.05) is 12.6 Å². The van der Waals surface area contributed by atoms with Crippen LogP contribution in [0.15, 0.2) is 30.3 Å². The quantitative estimate of drug-likeness (QED) is 0.279. The molecular formula is C16H23N3O4. The molecule has 3 amide bonds. The van der Waals surface area contributed by atoms with E-state index in [1.54, 1.807) is 6.08 Å². The van der Waals surface area contributed by atoms with Crippen molar-refractivity contribution in [3.05, 3.63) is 35.9 Å². The molecule has 0 saturated carbocycles. The molecule has 0 aromatic heterocycles. The highest BCUT2D eigenvalue weighted by Gasteiger charge is 2.06. The third-order valence-corrected chi connectivity index (χ3v) is 2.94. The van der Waals surface area contributed by atoms with E-state index in [4.69, 9.17) is 10.5 Å². The van der Waals surface area contributed by atoms with Crippen molar-refractivity contribution >= 4 is 18.0 Å². The number of benzene rings is 1. The van der Waals surface area contributed by atoms with E-state index in [0.29, 0.717) is 11.7 Å². The smallest absolute Gasteiger partial charge is 0.312 e. The first-order valence-electron chi connectivity index (χ1n) is 7.47. The van der Waals surface area contributed by atoms with E-state index in [0.717, 1.165) is 24.2 Å². The summed E-state index contributed by atoms with van der Waals surface area (Å²) in [5.74, 6) is 0.197. The van der Waals surface area contributed by atoms with E-state index in [9.17, 15) is 14.8 Å². The number of carbonyl (C=O) groups is 2. The fourth-order valence-electron chi connectivity index (χ4n) is 1.66. The van der Waals surface area contributed by atoms with Gasteiger partial charge >= 0.3 is 6.03 Å². The number of amides is 3. The molecule has 0 unspecified atom stereocenters. The summed E-state index contributed by atoms with van der Waals surface area (Å²) in [6, 6.07) is 6.59. The van der Waals surface area contributed by atoms with Crippen LogP contribution in [-0.4, -0.2) is 41.9 Å². The molecule has 0 aliphatic carbocycles. The summed E-state index contributed by atoms with van der Waals surface area (Å²) < 4.78 is 5.54. The molecule has 4 N–H and O–H groups in total. The van der Waals surface area contributed by atoms with Gasteiger partial charge in [-0.1, -0.05) is 25.5 Å². The second kappa shape index (κ2) is 10.2. The first kappa shape index (κ1) is 18.5. The van der Waals surface area contributed by atoms with Crippen LogP contribution in [0.4, 0.5) is 4.79 Å². The molecule has 7 heteroatoms. The van der Waals surface area contributed by atoms with Crippen molar-refractivity contribution in [1.82, 2.24) is 10.4 Å². The molecule has 0 aliphatic heterocycles. The maximum atomic E-state index is 11.7. The van der Waals surface area contributed by atoms with Gasteiger partial charge in [0.1, 0.15) is 5.75 Å². The molecule has 0 fully saturated rings. The normalized spacial score (nSPS) is 10.5. The van der Waals surface area contributed by atoms with Crippen molar-refractivity contribution in [2.24, 2.45) is 5.73 Å². The number of nitrogens with zero attached hydrogens (tertiary/aromatic N) is 1. The number of nitrogens with one attached hydrogen (secondary N) is 1. The third-order valence-electron chi connectivity index (χ3n) is 2.94. The number of rotatable bonds is 9. The zero-order chi connectivity index (χ0) is 17.1. The van der Waals surface area contributed by atoms with E-state index in [1.165, 1.54) is 6.08 Å². The highest BCUT2D eigenvalue weighted by Crippen LogP contribution is 2.13. The monoisotopic (exact) mass is 321 g/mol. The number of ether oxygens (including phenoxy) is 1. The average molecular weight is 321 g/mol. The molecule has 1 aromatic rings. The molecule has 23 heavy (non-hydrogen) atoms. The maximum absolute atomic E-state index is 11.7. The van der Waals surface area contributed by atoms with Crippen LogP contribution in [0.3, 0.4) is 0 Å². The summed E-state index contributed by atoms with van der Waals surface area (Å²) in [4.78, 5) is 22.1. The van der Waals surface area contributed by atoms with E-state index in [2.05, 4.69) is 12.2 Å². The van der Waals surface area contributed by atoms with Crippen LogP contribution in [0.1, 0.15) is 25.3 Å². The number of unbranched alkanes of at least 4 members (excludes halogenated alkanes) is 1. The van der Waals surface area contributed by atoms with Crippen LogP contribution >= 0.6 is 0 Å². The van der Waals surface area contributed by atoms with Crippen LogP contribution in [0.2, 0.25) is 0 Å². The van der Waals surface area contributed by atoms with Gasteiger partial charge in [0.25, 0.3) is 5.91 Å². The fraction of sp³-hybridized carbons (Fsp3) is 0.375. The number of nitrogens with two attached hydrogens (primary N) is 1. The highest BCUT2D eigenvalue weighted by molar-refractivity contribution is 5.91. The SMILES string of the molecule is CCCCOc1ccc(C=CC(=O)N(O)CCNC(N)=O)cc1. The Hall–Kier alpha value is -2.54. The first-order chi connectivity index (χ1) is 11.0. The Labute approximate surface area is 135 Å². The zero-order valence-corrected chi connectivity index (χ0v) is 13.2. The minimum absolute atomic E-state index is 0.0453. The second-order valence-electron chi connectivity index (χ2n) is 4.86. The number of hydroxylamine groups is 2. The summed E-state index contributed by atoms with van der Waals surface area (Å²) in [5.41, 5.74) is 5.69. The van der Waals surface area contributed by atoms with E-state index in [1.807, 2.05) is 24.3 Å². The van der Waals surface area contributed by atoms with Crippen LogP contribution in [0, 0.1) is 0 Å². The molecule has 0 saturated heterocycles. The van der Waals surface area contributed by atoms with Gasteiger partial charge in [-0.25, -0.2) is 9.86 Å². The Balaban J connectivity index is 2.43. The summed E-state index contributed by atoms with van der Waals surface area (Å²) in [5, 5.41) is 12.3. The lowest BCUT2D eigenvalue weighted by Gasteiger charge is -2.12. The van der Waals surface area contributed by atoms with Crippen molar-refractivity contribution in [2.45, 2.75) is 19.8 Å². The Bertz CT molecular complexity index is 529. The molecule has 1 rings (SSSR count). The minimum Gasteiger partial charge on any atom is -0.494 e. The predicted molar refractivity (Wildman–Crippen MR) is 87.0 cm³/mol. The highest BCUT2D eigenvalue weighted by atomic mass is 16.5. The molecule has 0 aliphatic rings. The molecule has 0 bridgehead atoms. The van der Waals surface area contributed by atoms with Crippen molar-refractivity contribution in [1.29, 1.82) is 0 Å². The zero-order valence-electron chi connectivity index (χ0n) is 13.2. The van der Waals surface area contributed by atoms with Gasteiger partial charge in [0.05, 0.1) is 13.2 Å². The van der Waals surface area contributed by atoms with Gasteiger partial charge in [0.15, 0.2) is 0 Å². The molecular weight excluding hydrogens is 298 g/mol. The summed E-state index contributed by atoms with van der Waals surface area (Å²) in [7, 11) is 0. The van der Waals surface area contributed by atoms with Crippen molar-refractivity contribution in [3.8, 4) is 5.75 Å². The van der Waals surface area contributed by atoms with Gasteiger partial charge in [-0.15, -0.1) is 0 Å². The Morgan fingerprint density at radius 3 is 2.65 bits per heavy atom. The Kier molecular flexibility index (Phi) is 8.23. The van der Waals surface area contributed by atoms with E-state index < -0.39 is 11.9 Å². The molecule has 0 atom stereocenters. The van der Waals surface area contributed by atoms with Crippen LogP contribution in [0.5, 0.6) is 5.75 Å². The fourth-order valence-corrected chi connectivity index (χ4v) is 1.66.